The molecule has 0 heterocycles. The third kappa shape index (κ3) is 5.24. The molecular weight excluding hydrogens is 399 g/mol. The zero-order valence-corrected chi connectivity index (χ0v) is 15.0. The maximum Gasteiger partial charge on any atom is 0.338 e. The Morgan fingerprint density at radius 1 is 1.14 bits per heavy atom. The Morgan fingerprint density at radius 3 is 2.36 bits per heavy atom. The van der Waals surface area contributed by atoms with Crippen molar-refractivity contribution in [1.29, 1.82) is 0 Å². The number of hydrogen-bond donors (Lipinski definition) is 1. The van der Waals surface area contributed by atoms with Gasteiger partial charge in [0.2, 0.25) is 0 Å². The van der Waals surface area contributed by atoms with Crippen molar-refractivity contribution in [2.45, 2.75) is 0 Å². The molecule has 0 aliphatic carbocycles. The minimum atomic E-state index is -1.10. The van der Waals surface area contributed by atoms with E-state index in [1.807, 2.05) is 0 Å². The molecule has 0 atom stereocenters. The van der Waals surface area contributed by atoms with E-state index in [4.69, 9.17) is 16.3 Å². The summed E-state index contributed by atoms with van der Waals surface area (Å²) in [6, 6.07) is 6.40. The Hall–Kier alpha value is -3.53. The van der Waals surface area contributed by atoms with Gasteiger partial charge in [0.25, 0.3) is 11.6 Å². The molecule has 0 saturated carbocycles. The second kappa shape index (κ2) is 8.91. The quantitative estimate of drug-likeness (QED) is 0.441. The molecule has 1 N–H and O–H groups in total. The van der Waals surface area contributed by atoms with Crippen LogP contribution in [0.3, 0.4) is 0 Å². The minimum absolute atomic E-state index is 0.133. The van der Waals surface area contributed by atoms with Crippen molar-refractivity contribution in [3.63, 3.8) is 0 Å². The van der Waals surface area contributed by atoms with Crippen LogP contribution in [0.25, 0.3) is 0 Å². The van der Waals surface area contributed by atoms with Gasteiger partial charge in [-0.25, -0.2) is 14.0 Å². The summed E-state index contributed by atoms with van der Waals surface area (Å²) < 4.78 is 22.9. The monoisotopic (exact) mass is 410 g/mol. The first-order chi connectivity index (χ1) is 13.2. The number of nitro groups is 1. The summed E-state index contributed by atoms with van der Waals surface area (Å²) in [4.78, 5) is 45.6. The molecule has 0 bridgehead atoms. The molecule has 2 aromatic rings. The number of carbonyl (C=O) groups is 3. The molecule has 0 aliphatic heterocycles. The predicted octanol–water partition coefficient (Wildman–Crippen LogP) is 2.97. The molecule has 1 amide bonds. The van der Waals surface area contributed by atoms with Gasteiger partial charge in [0.05, 0.1) is 28.8 Å². The number of rotatable bonds is 6. The number of nitrogens with zero attached hydrogens (tertiary/aromatic N) is 1. The van der Waals surface area contributed by atoms with E-state index in [2.05, 4.69) is 10.1 Å². The van der Waals surface area contributed by atoms with Gasteiger partial charge in [-0.05, 0) is 24.3 Å². The molecule has 0 aliphatic rings. The third-order valence-electron chi connectivity index (χ3n) is 3.32. The fourth-order valence-electron chi connectivity index (χ4n) is 2.06. The lowest BCUT2D eigenvalue weighted by molar-refractivity contribution is -0.384. The third-order valence-corrected chi connectivity index (χ3v) is 3.56. The summed E-state index contributed by atoms with van der Waals surface area (Å²) in [5.74, 6) is -3.63. The summed E-state index contributed by atoms with van der Waals surface area (Å²) in [7, 11) is 1.07. The molecule has 146 valence electrons. The molecule has 2 aromatic carbocycles. The highest BCUT2D eigenvalue weighted by Crippen LogP contribution is 2.20. The summed E-state index contributed by atoms with van der Waals surface area (Å²) >= 11 is 5.60. The zero-order chi connectivity index (χ0) is 20.8. The van der Waals surface area contributed by atoms with Crippen LogP contribution in [0.2, 0.25) is 5.02 Å². The first-order valence-corrected chi connectivity index (χ1v) is 7.89. The Kier molecular flexibility index (Phi) is 6.61. The first-order valence-electron chi connectivity index (χ1n) is 7.51. The lowest BCUT2D eigenvalue weighted by atomic mass is 10.1. The minimum Gasteiger partial charge on any atom is -0.465 e. The number of anilines is 1. The smallest absolute Gasteiger partial charge is 0.338 e. The average Bonchev–Trinajstić information content (AvgIpc) is 2.67. The van der Waals surface area contributed by atoms with Crippen molar-refractivity contribution in [3.8, 4) is 0 Å². The van der Waals surface area contributed by atoms with Crippen molar-refractivity contribution >= 4 is 40.8 Å². The van der Waals surface area contributed by atoms with Gasteiger partial charge in [-0.3, -0.25) is 14.9 Å². The Morgan fingerprint density at radius 2 is 1.79 bits per heavy atom. The van der Waals surface area contributed by atoms with Crippen LogP contribution in [-0.2, 0) is 14.3 Å². The Labute approximate surface area is 162 Å². The maximum atomic E-state index is 13.6. The topological polar surface area (TPSA) is 125 Å². The second-order valence-corrected chi connectivity index (χ2v) is 5.70. The lowest BCUT2D eigenvalue weighted by Gasteiger charge is -2.08. The normalized spacial score (nSPS) is 10.1. The number of methoxy groups -OCH3 is 1. The molecule has 0 unspecified atom stereocenters. The van der Waals surface area contributed by atoms with E-state index in [0.29, 0.717) is 0 Å². The van der Waals surface area contributed by atoms with Crippen LogP contribution in [0.4, 0.5) is 15.8 Å². The number of halogens is 2. The second-order valence-electron chi connectivity index (χ2n) is 5.27. The molecule has 0 fully saturated rings. The van der Waals surface area contributed by atoms with Gasteiger partial charge < -0.3 is 14.8 Å². The van der Waals surface area contributed by atoms with Gasteiger partial charge in [-0.15, -0.1) is 0 Å². The summed E-state index contributed by atoms with van der Waals surface area (Å²) in [5.41, 5.74) is -1.28. The average molecular weight is 411 g/mol. The number of nitrogens with one attached hydrogen (secondary N) is 1. The highest BCUT2D eigenvalue weighted by Gasteiger charge is 2.20. The van der Waals surface area contributed by atoms with Crippen LogP contribution in [-0.4, -0.2) is 36.5 Å². The van der Waals surface area contributed by atoms with Crippen LogP contribution < -0.4 is 5.32 Å². The van der Waals surface area contributed by atoms with Gasteiger partial charge in [0.15, 0.2) is 6.61 Å². The molecule has 0 spiro atoms. The fraction of sp³-hybridized carbons (Fsp3) is 0.118. The number of non-ortho nitro benzene ring substituents is 1. The molecular formula is C17H12ClFN2O7. The first kappa shape index (κ1) is 20.8. The molecule has 0 saturated heterocycles. The highest BCUT2D eigenvalue weighted by atomic mass is 35.5. The largest absolute Gasteiger partial charge is 0.465 e. The number of benzene rings is 2. The molecule has 28 heavy (non-hydrogen) atoms. The molecule has 2 rings (SSSR count). The summed E-state index contributed by atoms with van der Waals surface area (Å²) in [5, 5.41) is 13.3. The number of amides is 1. The predicted molar refractivity (Wildman–Crippen MR) is 94.8 cm³/mol. The molecule has 0 aromatic heterocycles. The number of nitro benzene ring substituents is 1. The van der Waals surface area contributed by atoms with Gasteiger partial charge in [-0.2, -0.15) is 0 Å². The number of carbonyl (C=O) groups excluding carboxylic acids is 3. The van der Waals surface area contributed by atoms with Crippen LogP contribution in [0.15, 0.2) is 36.4 Å². The van der Waals surface area contributed by atoms with Crippen molar-refractivity contribution in [2.75, 3.05) is 19.0 Å². The van der Waals surface area contributed by atoms with Gasteiger partial charge >= 0.3 is 11.9 Å². The fourth-order valence-corrected chi connectivity index (χ4v) is 2.22. The summed E-state index contributed by atoms with van der Waals surface area (Å²) in [6.45, 7) is -0.794. The van der Waals surface area contributed by atoms with E-state index in [0.717, 1.165) is 31.4 Å². The molecule has 9 nitrogen and oxygen atoms in total. The number of esters is 2. The van der Waals surface area contributed by atoms with Gasteiger partial charge in [0.1, 0.15) is 5.82 Å². The standard InChI is InChI=1S/C17H12ClFN2O7/c1-27-16(23)9-4-10(6-12(5-9)21(25)26)17(24)28-8-15(22)20-14-3-2-11(18)7-13(14)19/h2-7H,8H2,1H3,(H,20,22). The Bertz CT molecular complexity index is 965. The van der Waals surface area contributed by atoms with Crippen LogP contribution in [0.5, 0.6) is 0 Å². The Balaban J connectivity index is 2.09. The lowest BCUT2D eigenvalue weighted by Crippen LogP contribution is -2.21. The maximum absolute atomic E-state index is 13.6. The van der Waals surface area contributed by atoms with E-state index in [1.54, 1.807) is 0 Å². The van der Waals surface area contributed by atoms with Gasteiger partial charge in [0, 0.05) is 17.2 Å². The van der Waals surface area contributed by atoms with E-state index in [9.17, 15) is 28.9 Å². The van der Waals surface area contributed by atoms with E-state index in [1.165, 1.54) is 12.1 Å². The van der Waals surface area contributed by atoms with E-state index >= 15 is 0 Å². The zero-order valence-electron chi connectivity index (χ0n) is 14.2. The summed E-state index contributed by atoms with van der Waals surface area (Å²) in [6.07, 6.45) is 0. The number of ether oxygens (including phenoxy) is 2. The van der Waals surface area contributed by atoms with E-state index in [-0.39, 0.29) is 21.8 Å². The van der Waals surface area contributed by atoms with Crippen LogP contribution in [0.1, 0.15) is 20.7 Å². The van der Waals surface area contributed by atoms with Crippen molar-refractivity contribution in [2.24, 2.45) is 0 Å². The highest BCUT2D eigenvalue weighted by molar-refractivity contribution is 6.30. The van der Waals surface area contributed by atoms with Crippen molar-refractivity contribution < 1.29 is 33.2 Å². The van der Waals surface area contributed by atoms with E-state index < -0.39 is 40.9 Å². The van der Waals surface area contributed by atoms with Crippen molar-refractivity contribution in [3.05, 3.63) is 68.5 Å². The molecule has 0 radical (unpaired) electrons. The van der Waals surface area contributed by atoms with Crippen LogP contribution >= 0.6 is 11.6 Å². The van der Waals surface area contributed by atoms with Crippen molar-refractivity contribution in [1.82, 2.24) is 0 Å². The van der Waals surface area contributed by atoms with Crippen LogP contribution in [0, 0.1) is 15.9 Å². The molecule has 11 heteroatoms. The van der Waals surface area contributed by atoms with Gasteiger partial charge in [-0.1, -0.05) is 11.6 Å². The SMILES string of the molecule is COC(=O)c1cc(C(=O)OCC(=O)Nc2ccc(Cl)cc2F)cc([N+](=O)[O-])c1. The number of hydrogen-bond acceptors (Lipinski definition) is 7.